The Labute approximate surface area is 185 Å². The monoisotopic (exact) mass is 428 g/mol. The summed E-state index contributed by atoms with van der Waals surface area (Å²) in [5, 5.41) is 3.08. The molecule has 2 aliphatic rings. The van der Waals surface area contributed by atoms with Crippen molar-refractivity contribution in [3.8, 4) is 0 Å². The van der Waals surface area contributed by atoms with E-state index in [9.17, 15) is 14.4 Å². The van der Waals surface area contributed by atoms with E-state index in [4.69, 9.17) is 4.74 Å². The maximum absolute atomic E-state index is 12.8. The lowest BCUT2D eigenvalue weighted by molar-refractivity contribution is -0.160. The van der Waals surface area contributed by atoms with Crippen LogP contribution in [0.5, 0.6) is 0 Å². The zero-order chi connectivity index (χ0) is 22.5. The lowest BCUT2D eigenvalue weighted by Crippen LogP contribution is -2.48. The number of ether oxygens (including phenoxy) is 1. The van der Waals surface area contributed by atoms with Gasteiger partial charge in [0.1, 0.15) is 0 Å². The molecule has 0 spiro atoms. The summed E-state index contributed by atoms with van der Waals surface area (Å²) in [5.41, 5.74) is 1.66. The van der Waals surface area contributed by atoms with Crippen molar-refractivity contribution in [2.75, 3.05) is 13.1 Å². The Kier molecular flexibility index (Phi) is 7.74. The molecule has 1 saturated heterocycles. The predicted octanol–water partition coefficient (Wildman–Crippen LogP) is 3.72. The number of hydrogen-bond acceptors (Lipinski definition) is 4. The number of piperidine rings is 1. The van der Waals surface area contributed by atoms with Crippen LogP contribution in [-0.4, -0.2) is 47.9 Å². The fourth-order valence-corrected chi connectivity index (χ4v) is 4.71. The second kappa shape index (κ2) is 10.3. The van der Waals surface area contributed by atoms with Crippen molar-refractivity contribution in [1.29, 1.82) is 0 Å². The molecule has 1 aromatic carbocycles. The molecule has 1 heterocycles. The summed E-state index contributed by atoms with van der Waals surface area (Å²) in [6.45, 7) is 9.01. The van der Waals surface area contributed by atoms with Gasteiger partial charge in [-0.1, -0.05) is 44.9 Å². The van der Waals surface area contributed by atoms with Crippen molar-refractivity contribution in [3.05, 3.63) is 35.4 Å². The second-order valence-corrected chi connectivity index (χ2v) is 9.34. The van der Waals surface area contributed by atoms with Crippen molar-refractivity contribution in [1.82, 2.24) is 10.2 Å². The average Bonchev–Trinajstić information content (AvgIpc) is 2.76. The van der Waals surface area contributed by atoms with Crippen LogP contribution >= 0.6 is 0 Å². The molecule has 3 rings (SSSR count). The van der Waals surface area contributed by atoms with Crippen LogP contribution in [0, 0.1) is 24.7 Å². The molecular formula is C25H36N2O4. The fraction of sp³-hybridized carbons (Fsp3) is 0.640. The third-order valence-electron chi connectivity index (χ3n) is 7.19. The van der Waals surface area contributed by atoms with Crippen LogP contribution in [-0.2, 0) is 14.3 Å². The predicted molar refractivity (Wildman–Crippen MR) is 119 cm³/mol. The molecule has 31 heavy (non-hydrogen) atoms. The Balaban J connectivity index is 1.46. The molecular weight excluding hydrogens is 392 g/mol. The van der Waals surface area contributed by atoms with Crippen LogP contribution in [0.2, 0.25) is 0 Å². The van der Waals surface area contributed by atoms with Gasteiger partial charge in [-0.25, -0.2) is 0 Å². The second-order valence-electron chi connectivity index (χ2n) is 9.34. The highest BCUT2D eigenvalue weighted by Gasteiger charge is 2.33. The summed E-state index contributed by atoms with van der Waals surface area (Å²) in [7, 11) is 0. The molecule has 0 aromatic heterocycles. The molecule has 0 bridgehead atoms. The summed E-state index contributed by atoms with van der Waals surface area (Å²) in [6.07, 6.45) is 3.60. The Morgan fingerprint density at radius 2 is 1.74 bits per heavy atom. The molecule has 0 unspecified atom stereocenters. The highest BCUT2D eigenvalue weighted by atomic mass is 16.5. The molecule has 1 N–H and O–H groups in total. The van der Waals surface area contributed by atoms with E-state index in [1.807, 2.05) is 31.2 Å². The minimum atomic E-state index is -0.802. The molecule has 1 aromatic rings. The van der Waals surface area contributed by atoms with Gasteiger partial charge in [0.25, 0.3) is 11.8 Å². The molecule has 0 radical (unpaired) electrons. The molecule has 170 valence electrons. The van der Waals surface area contributed by atoms with Gasteiger partial charge in [0.2, 0.25) is 0 Å². The molecule has 6 heteroatoms. The van der Waals surface area contributed by atoms with Crippen molar-refractivity contribution < 1.29 is 19.1 Å². The summed E-state index contributed by atoms with van der Waals surface area (Å²) in [4.78, 5) is 39.7. The smallest absolute Gasteiger partial charge is 0.309 e. The van der Waals surface area contributed by atoms with Crippen LogP contribution in [0.3, 0.4) is 0 Å². The SMILES string of the molecule is Cc1ccccc1C(=O)N1CCC(C(=O)O[C@H](C)C(=O)N[C@@H]2CCC[C@H](C)[C@H]2C)CC1. The number of likely N-dealkylation sites (tertiary alicyclic amines) is 1. The normalized spacial score (nSPS) is 25.5. The number of hydrogen-bond donors (Lipinski definition) is 1. The van der Waals surface area contributed by atoms with Crippen LogP contribution < -0.4 is 5.32 Å². The third-order valence-corrected chi connectivity index (χ3v) is 7.19. The van der Waals surface area contributed by atoms with Crippen LogP contribution in [0.1, 0.15) is 68.8 Å². The van der Waals surface area contributed by atoms with E-state index in [0.29, 0.717) is 43.3 Å². The van der Waals surface area contributed by atoms with Crippen molar-refractivity contribution in [2.45, 2.75) is 71.9 Å². The highest BCUT2D eigenvalue weighted by molar-refractivity contribution is 5.95. The molecule has 1 aliphatic carbocycles. The number of carbonyl (C=O) groups excluding carboxylic acids is 3. The lowest BCUT2D eigenvalue weighted by atomic mass is 9.78. The Morgan fingerprint density at radius 3 is 2.42 bits per heavy atom. The van der Waals surface area contributed by atoms with Crippen LogP contribution in [0.4, 0.5) is 0 Å². The van der Waals surface area contributed by atoms with Crippen LogP contribution in [0.15, 0.2) is 24.3 Å². The van der Waals surface area contributed by atoms with E-state index >= 15 is 0 Å². The summed E-state index contributed by atoms with van der Waals surface area (Å²) >= 11 is 0. The number of rotatable bonds is 5. The first-order valence-corrected chi connectivity index (χ1v) is 11.6. The van der Waals surface area contributed by atoms with Gasteiger partial charge in [0, 0.05) is 24.7 Å². The first kappa shape index (κ1) is 23.3. The minimum Gasteiger partial charge on any atom is -0.452 e. The number of nitrogens with zero attached hydrogens (tertiary/aromatic N) is 1. The summed E-state index contributed by atoms with van der Waals surface area (Å²) < 4.78 is 5.50. The van der Waals surface area contributed by atoms with Gasteiger partial charge < -0.3 is 15.0 Å². The Bertz CT molecular complexity index is 800. The topological polar surface area (TPSA) is 75.7 Å². The van der Waals surface area contributed by atoms with Gasteiger partial charge >= 0.3 is 5.97 Å². The first-order valence-electron chi connectivity index (χ1n) is 11.6. The Hall–Kier alpha value is -2.37. The minimum absolute atomic E-state index is 0.00786. The quantitative estimate of drug-likeness (QED) is 0.726. The zero-order valence-corrected chi connectivity index (χ0v) is 19.2. The van der Waals surface area contributed by atoms with Gasteiger partial charge in [-0.15, -0.1) is 0 Å². The third kappa shape index (κ3) is 5.66. The molecule has 2 fully saturated rings. The van der Waals surface area contributed by atoms with Crippen molar-refractivity contribution in [3.63, 3.8) is 0 Å². The lowest BCUT2D eigenvalue weighted by Gasteiger charge is -2.35. The number of esters is 1. The number of carbonyl (C=O) groups is 3. The maximum atomic E-state index is 12.8. The maximum Gasteiger partial charge on any atom is 0.309 e. The number of benzene rings is 1. The van der Waals surface area contributed by atoms with Gasteiger partial charge in [0.15, 0.2) is 6.10 Å². The first-order chi connectivity index (χ1) is 14.8. The van der Waals surface area contributed by atoms with Crippen molar-refractivity contribution >= 4 is 17.8 Å². The van der Waals surface area contributed by atoms with E-state index in [1.165, 1.54) is 6.42 Å². The summed E-state index contributed by atoms with van der Waals surface area (Å²) in [6, 6.07) is 7.70. The van der Waals surface area contributed by atoms with E-state index in [-0.39, 0.29) is 29.7 Å². The van der Waals surface area contributed by atoms with Crippen LogP contribution in [0.25, 0.3) is 0 Å². The molecule has 1 saturated carbocycles. The van der Waals surface area contributed by atoms with E-state index < -0.39 is 6.10 Å². The average molecular weight is 429 g/mol. The van der Waals surface area contributed by atoms with E-state index in [0.717, 1.165) is 18.4 Å². The van der Waals surface area contributed by atoms with Gasteiger partial charge in [-0.3, -0.25) is 14.4 Å². The molecule has 2 amide bonds. The zero-order valence-electron chi connectivity index (χ0n) is 19.2. The van der Waals surface area contributed by atoms with Gasteiger partial charge in [-0.2, -0.15) is 0 Å². The number of nitrogens with one attached hydrogen (secondary N) is 1. The van der Waals surface area contributed by atoms with Gasteiger partial charge in [0.05, 0.1) is 5.92 Å². The van der Waals surface area contributed by atoms with Crippen molar-refractivity contribution in [2.24, 2.45) is 17.8 Å². The Morgan fingerprint density at radius 1 is 1.06 bits per heavy atom. The highest BCUT2D eigenvalue weighted by Crippen LogP contribution is 2.29. The largest absolute Gasteiger partial charge is 0.452 e. The molecule has 6 nitrogen and oxygen atoms in total. The van der Waals surface area contributed by atoms with E-state index in [1.54, 1.807) is 11.8 Å². The fourth-order valence-electron chi connectivity index (χ4n) is 4.71. The van der Waals surface area contributed by atoms with E-state index in [2.05, 4.69) is 19.2 Å². The molecule has 4 atom stereocenters. The number of amides is 2. The standard InChI is InChI=1S/C25H36N2O4/c1-16-9-7-11-22(18(16)3)26-23(28)19(4)31-25(30)20-12-14-27(15-13-20)24(29)21-10-6-5-8-17(21)2/h5-6,8,10,16,18-20,22H,7,9,11-15H2,1-4H3,(H,26,28)/t16-,18+,19+,22+/m0/s1. The summed E-state index contributed by atoms with van der Waals surface area (Å²) in [5.74, 6) is 0.195. The molecule has 1 aliphatic heterocycles. The number of aryl methyl sites for hydroxylation is 1. The van der Waals surface area contributed by atoms with Gasteiger partial charge in [-0.05, 0) is 56.6 Å².